The highest BCUT2D eigenvalue weighted by atomic mass is 32.2. The first-order valence-corrected chi connectivity index (χ1v) is 7.43. The maximum atomic E-state index is 9.63. The Kier molecular flexibility index (Phi) is 5.16. The van der Waals surface area contributed by atoms with Crippen molar-refractivity contribution < 1.29 is 10.2 Å². The molecule has 1 heterocycles. The molecule has 1 aromatic carbocycles. The van der Waals surface area contributed by atoms with Crippen LogP contribution in [0, 0.1) is 0 Å². The van der Waals surface area contributed by atoms with Gasteiger partial charge >= 0.3 is 0 Å². The van der Waals surface area contributed by atoms with Crippen LogP contribution < -0.4 is 5.32 Å². The number of benzene rings is 1. The molecule has 5 heteroatoms. The van der Waals surface area contributed by atoms with Gasteiger partial charge in [0.15, 0.2) is 0 Å². The van der Waals surface area contributed by atoms with Gasteiger partial charge in [-0.1, -0.05) is 6.07 Å². The Balaban J connectivity index is 1.68. The summed E-state index contributed by atoms with van der Waals surface area (Å²) in [6.07, 6.45) is 0. The fourth-order valence-electron chi connectivity index (χ4n) is 1.99. The highest BCUT2D eigenvalue weighted by Crippen LogP contribution is 2.22. The van der Waals surface area contributed by atoms with Gasteiger partial charge in [-0.15, -0.1) is 0 Å². The average molecular weight is 268 g/mol. The molecule has 1 aromatic rings. The zero-order valence-corrected chi connectivity index (χ0v) is 11.2. The van der Waals surface area contributed by atoms with E-state index in [1.807, 2.05) is 11.8 Å². The van der Waals surface area contributed by atoms with Crippen molar-refractivity contribution in [3.05, 3.63) is 23.8 Å². The van der Waals surface area contributed by atoms with Crippen molar-refractivity contribution in [3.63, 3.8) is 0 Å². The van der Waals surface area contributed by atoms with E-state index < -0.39 is 0 Å². The molecule has 0 bridgehead atoms. The van der Waals surface area contributed by atoms with Gasteiger partial charge in [-0.25, -0.2) is 0 Å². The van der Waals surface area contributed by atoms with E-state index in [4.69, 9.17) is 0 Å². The van der Waals surface area contributed by atoms with Gasteiger partial charge in [0.1, 0.15) is 11.5 Å². The SMILES string of the molecule is Oc1ccc(CNCCN2CCSCC2)c(O)c1. The minimum Gasteiger partial charge on any atom is -0.508 e. The maximum absolute atomic E-state index is 9.63. The Hall–Kier alpha value is -0.910. The van der Waals surface area contributed by atoms with Crippen molar-refractivity contribution in [3.8, 4) is 11.5 Å². The van der Waals surface area contributed by atoms with E-state index in [0.29, 0.717) is 6.54 Å². The summed E-state index contributed by atoms with van der Waals surface area (Å²) in [5.41, 5.74) is 0.821. The van der Waals surface area contributed by atoms with Crippen LogP contribution in [-0.4, -0.2) is 52.8 Å². The summed E-state index contributed by atoms with van der Waals surface area (Å²) >= 11 is 2.02. The molecule has 0 unspecified atom stereocenters. The molecule has 18 heavy (non-hydrogen) atoms. The summed E-state index contributed by atoms with van der Waals surface area (Å²) in [4.78, 5) is 2.46. The number of thioether (sulfide) groups is 1. The number of hydrogen-bond donors (Lipinski definition) is 3. The Morgan fingerprint density at radius 3 is 2.72 bits per heavy atom. The molecule has 1 aliphatic rings. The lowest BCUT2D eigenvalue weighted by Gasteiger charge is -2.26. The summed E-state index contributed by atoms with van der Waals surface area (Å²) in [5.74, 6) is 2.72. The predicted octanol–water partition coefficient (Wildman–Crippen LogP) is 1.24. The highest BCUT2D eigenvalue weighted by Gasteiger charge is 2.09. The number of nitrogens with one attached hydrogen (secondary N) is 1. The van der Waals surface area contributed by atoms with Crippen LogP contribution in [0.25, 0.3) is 0 Å². The second kappa shape index (κ2) is 6.87. The molecule has 0 radical (unpaired) electrons. The van der Waals surface area contributed by atoms with E-state index in [-0.39, 0.29) is 11.5 Å². The van der Waals surface area contributed by atoms with Gasteiger partial charge in [0.05, 0.1) is 0 Å². The first-order chi connectivity index (χ1) is 8.75. The molecule has 0 spiro atoms. The first kappa shape index (κ1) is 13.5. The Labute approximate surface area is 112 Å². The third kappa shape index (κ3) is 4.08. The topological polar surface area (TPSA) is 55.7 Å². The summed E-state index contributed by atoms with van der Waals surface area (Å²) < 4.78 is 0. The zero-order valence-electron chi connectivity index (χ0n) is 10.4. The van der Waals surface area contributed by atoms with Crippen LogP contribution in [0.15, 0.2) is 18.2 Å². The van der Waals surface area contributed by atoms with Crippen molar-refractivity contribution in [2.24, 2.45) is 0 Å². The fraction of sp³-hybridized carbons (Fsp3) is 0.538. The standard InChI is InChI=1S/C13H20N2O2S/c16-12-2-1-11(13(17)9-12)10-14-3-4-15-5-7-18-8-6-15/h1-2,9,14,16-17H,3-8,10H2. The van der Waals surface area contributed by atoms with Crippen LogP contribution in [-0.2, 0) is 6.54 Å². The molecule has 0 aromatic heterocycles. The molecule has 100 valence electrons. The van der Waals surface area contributed by atoms with Crippen LogP contribution in [0.5, 0.6) is 11.5 Å². The molecule has 4 nitrogen and oxygen atoms in total. The van der Waals surface area contributed by atoms with Crippen molar-refractivity contribution in [2.45, 2.75) is 6.54 Å². The van der Waals surface area contributed by atoms with E-state index >= 15 is 0 Å². The summed E-state index contributed by atoms with van der Waals surface area (Å²) in [6, 6.07) is 4.71. The van der Waals surface area contributed by atoms with Crippen molar-refractivity contribution in [1.82, 2.24) is 10.2 Å². The van der Waals surface area contributed by atoms with Gasteiger partial charge in [-0.05, 0) is 6.07 Å². The van der Waals surface area contributed by atoms with Crippen molar-refractivity contribution in [2.75, 3.05) is 37.7 Å². The molecule has 0 aliphatic carbocycles. The second-order valence-electron chi connectivity index (χ2n) is 4.44. The molecule has 3 N–H and O–H groups in total. The molecule has 0 atom stereocenters. The monoisotopic (exact) mass is 268 g/mol. The van der Waals surface area contributed by atoms with Crippen LogP contribution >= 0.6 is 11.8 Å². The van der Waals surface area contributed by atoms with Crippen LogP contribution in [0.1, 0.15) is 5.56 Å². The third-order valence-electron chi connectivity index (χ3n) is 3.09. The minimum atomic E-state index is 0.0991. The van der Waals surface area contributed by atoms with Crippen LogP contribution in [0.2, 0.25) is 0 Å². The smallest absolute Gasteiger partial charge is 0.123 e. The summed E-state index contributed by atoms with van der Waals surface area (Å²) in [7, 11) is 0. The van der Waals surface area contributed by atoms with E-state index in [0.717, 1.165) is 18.7 Å². The Bertz CT molecular complexity index is 381. The maximum Gasteiger partial charge on any atom is 0.123 e. The number of aromatic hydroxyl groups is 2. The lowest BCUT2D eigenvalue weighted by Crippen LogP contribution is -2.37. The number of phenols is 2. The number of hydrogen-bond acceptors (Lipinski definition) is 5. The van der Waals surface area contributed by atoms with Gasteiger partial charge in [-0.3, -0.25) is 0 Å². The van der Waals surface area contributed by atoms with Gasteiger partial charge in [-0.2, -0.15) is 11.8 Å². The Morgan fingerprint density at radius 1 is 1.22 bits per heavy atom. The van der Waals surface area contributed by atoms with Gasteiger partial charge in [0.25, 0.3) is 0 Å². The minimum absolute atomic E-state index is 0.0991. The Morgan fingerprint density at radius 2 is 2.00 bits per heavy atom. The fourth-order valence-corrected chi connectivity index (χ4v) is 2.97. The van der Waals surface area contributed by atoms with E-state index in [1.54, 1.807) is 12.1 Å². The largest absolute Gasteiger partial charge is 0.508 e. The molecular weight excluding hydrogens is 248 g/mol. The first-order valence-electron chi connectivity index (χ1n) is 6.27. The molecule has 1 fully saturated rings. The van der Waals surface area contributed by atoms with Crippen molar-refractivity contribution >= 4 is 11.8 Å². The predicted molar refractivity (Wildman–Crippen MR) is 75.2 cm³/mol. The van der Waals surface area contributed by atoms with Gasteiger partial charge in [0, 0.05) is 55.9 Å². The molecule has 1 saturated heterocycles. The second-order valence-corrected chi connectivity index (χ2v) is 5.67. The zero-order chi connectivity index (χ0) is 12.8. The van der Waals surface area contributed by atoms with Crippen LogP contribution in [0.4, 0.5) is 0 Å². The summed E-state index contributed by atoms with van der Waals surface area (Å²) in [5, 5.41) is 22.1. The molecular formula is C13H20N2O2S. The van der Waals surface area contributed by atoms with Gasteiger partial charge < -0.3 is 20.4 Å². The third-order valence-corrected chi connectivity index (χ3v) is 4.04. The van der Waals surface area contributed by atoms with E-state index in [2.05, 4.69) is 10.2 Å². The lowest BCUT2D eigenvalue weighted by atomic mass is 10.2. The molecule has 0 saturated carbocycles. The van der Waals surface area contributed by atoms with Gasteiger partial charge in [0.2, 0.25) is 0 Å². The number of phenolic OH excluding ortho intramolecular Hbond substituents is 2. The number of rotatable bonds is 5. The summed E-state index contributed by atoms with van der Waals surface area (Å²) in [6.45, 7) is 4.96. The highest BCUT2D eigenvalue weighted by molar-refractivity contribution is 7.99. The van der Waals surface area contributed by atoms with E-state index in [9.17, 15) is 10.2 Å². The lowest BCUT2D eigenvalue weighted by molar-refractivity contribution is 0.300. The van der Waals surface area contributed by atoms with E-state index in [1.165, 1.54) is 30.7 Å². The van der Waals surface area contributed by atoms with Crippen molar-refractivity contribution in [1.29, 1.82) is 0 Å². The quantitative estimate of drug-likeness (QED) is 0.702. The average Bonchev–Trinajstić information content (AvgIpc) is 2.38. The molecule has 1 aliphatic heterocycles. The molecule has 2 rings (SSSR count). The molecule has 0 amide bonds. The number of nitrogens with zero attached hydrogens (tertiary/aromatic N) is 1. The van der Waals surface area contributed by atoms with Crippen LogP contribution in [0.3, 0.4) is 0 Å². The normalized spacial score (nSPS) is 16.9.